The number of hydrogen-bond donors (Lipinski definition) is 3. The molecule has 3 N–H and O–H groups in total. The van der Waals surface area contributed by atoms with Crippen molar-refractivity contribution in [2.45, 2.75) is 42.5 Å². The number of sulfonamides is 2. The lowest BCUT2D eigenvalue weighted by Crippen LogP contribution is -2.40. The van der Waals surface area contributed by atoms with E-state index in [-0.39, 0.29) is 22.8 Å². The normalized spacial score (nSPS) is 12.5. The van der Waals surface area contributed by atoms with Crippen LogP contribution in [-0.4, -0.2) is 34.8 Å². The van der Waals surface area contributed by atoms with Gasteiger partial charge in [-0.2, -0.15) is 0 Å². The maximum atomic E-state index is 12.3. The Morgan fingerprint density at radius 2 is 1.37 bits per heavy atom. The van der Waals surface area contributed by atoms with Gasteiger partial charge in [-0.1, -0.05) is 11.6 Å². The quantitative estimate of drug-likeness (QED) is 0.544. The monoisotopic (exact) mass is 473 g/mol. The number of rotatable bonds is 8. The van der Waals surface area contributed by atoms with Gasteiger partial charge < -0.3 is 5.32 Å². The summed E-state index contributed by atoms with van der Waals surface area (Å²) in [6, 6.07) is 11.4. The smallest absolute Gasteiger partial charge is 0.241 e. The van der Waals surface area contributed by atoms with Crippen molar-refractivity contribution in [3.8, 4) is 0 Å². The van der Waals surface area contributed by atoms with E-state index in [1.54, 1.807) is 20.8 Å². The highest BCUT2D eigenvalue weighted by atomic mass is 35.5. The minimum atomic E-state index is -3.74. The predicted molar refractivity (Wildman–Crippen MR) is 116 cm³/mol. The molecule has 0 unspecified atom stereocenters. The van der Waals surface area contributed by atoms with Gasteiger partial charge in [0.05, 0.1) is 9.79 Å². The van der Waals surface area contributed by atoms with Crippen LogP contribution in [0.2, 0.25) is 5.02 Å². The van der Waals surface area contributed by atoms with Crippen LogP contribution < -0.4 is 14.8 Å². The standard InChI is InChI=1S/C19H24ClN3O5S2/c1-19(2,3)23-30(27,28)17-10-6-15(7-11-17)22-18(24)12-13-21-29(25,26)16-8-4-14(20)5-9-16/h4-11,21,23H,12-13H2,1-3H3,(H,22,24). The van der Waals surface area contributed by atoms with E-state index >= 15 is 0 Å². The van der Waals surface area contributed by atoms with E-state index in [9.17, 15) is 21.6 Å². The third-order valence-electron chi connectivity index (χ3n) is 3.66. The Morgan fingerprint density at radius 1 is 0.867 bits per heavy atom. The molecule has 1 amide bonds. The molecule has 2 rings (SSSR count). The van der Waals surface area contributed by atoms with Crippen molar-refractivity contribution in [2.24, 2.45) is 0 Å². The Hall–Kier alpha value is -1.98. The van der Waals surface area contributed by atoms with Crippen molar-refractivity contribution in [1.29, 1.82) is 0 Å². The van der Waals surface area contributed by atoms with E-state index in [1.165, 1.54) is 48.5 Å². The summed E-state index contributed by atoms with van der Waals surface area (Å²) in [5.41, 5.74) is -0.222. The van der Waals surface area contributed by atoms with Crippen LogP contribution in [0, 0.1) is 0 Å². The molecule has 0 spiro atoms. The van der Waals surface area contributed by atoms with E-state index in [2.05, 4.69) is 14.8 Å². The molecular weight excluding hydrogens is 450 g/mol. The van der Waals surface area contributed by atoms with E-state index in [0.717, 1.165) is 0 Å². The second-order valence-corrected chi connectivity index (χ2v) is 11.4. The van der Waals surface area contributed by atoms with Gasteiger partial charge >= 0.3 is 0 Å². The molecule has 2 aromatic carbocycles. The lowest BCUT2D eigenvalue weighted by Gasteiger charge is -2.20. The molecule has 0 aromatic heterocycles. The summed E-state index contributed by atoms with van der Waals surface area (Å²) in [6.45, 7) is 5.11. The fraction of sp³-hybridized carbons (Fsp3) is 0.316. The van der Waals surface area contributed by atoms with Gasteiger partial charge in [-0.15, -0.1) is 0 Å². The first kappa shape index (κ1) is 24.3. The second-order valence-electron chi connectivity index (χ2n) is 7.53. The molecule has 0 fully saturated rings. The molecule has 0 heterocycles. The highest BCUT2D eigenvalue weighted by molar-refractivity contribution is 7.89. The lowest BCUT2D eigenvalue weighted by atomic mass is 10.1. The average molecular weight is 474 g/mol. The van der Waals surface area contributed by atoms with Crippen molar-refractivity contribution in [3.63, 3.8) is 0 Å². The molecule has 11 heteroatoms. The van der Waals surface area contributed by atoms with Gasteiger partial charge in [-0.3, -0.25) is 4.79 Å². The van der Waals surface area contributed by atoms with Crippen LogP contribution in [0.5, 0.6) is 0 Å². The van der Waals surface area contributed by atoms with Crippen LogP contribution in [0.4, 0.5) is 5.69 Å². The van der Waals surface area contributed by atoms with E-state index in [1.807, 2.05) is 0 Å². The molecule has 0 aliphatic rings. The van der Waals surface area contributed by atoms with Crippen LogP contribution in [-0.2, 0) is 24.8 Å². The van der Waals surface area contributed by atoms with Gasteiger partial charge in [0.15, 0.2) is 0 Å². The van der Waals surface area contributed by atoms with E-state index in [4.69, 9.17) is 11.6 Å². The molecule has 0 saturated heterocycles. The molecule has 8 nitrogen and oxygen atoms in total. The molecule has 0 aliphatic heterocycles. The Morgan fingerprint density at radius 3 is 1.90 bits per heavy atom. The van der Waals surface area contributed by atoms with Gasteiger partial charge in [-0.25, -0.2) is 26.3 Å². The third kappa shape index (κ3) is 7.37. The van der Waals surface area contributed by atoms with Crippen molar-refractivity contribution in [1.82, 2.24) is 9.44 Å². The second kappa shape index (κ2) is 9.44. The maximum absolute atomic E-state index is 12.3. The third-order valence-corrected chi connectivity index (χ3v) is 7.16. The number of anilines is 1. The highest BCUT2D eigenvalue weighted by Crippen LogP contribution is 2.17. The van der Waals surface area contributed by atoms with Gasteiger partial charge in [0.2, 0.25) is 26.0 Å². The first-order valence-corrected chi connectivity index (χ1v) is 12.3. The molecule has 2 aromatic rings. The number of carbonyl (C=O) groups is 1. The van der Waals surface area contributed by atoms with Crippen LogP contribution in [0.1, 0.15) is 27.2 Å². The Labute approximate surface area is 182 Å². The molecule has 0 saturated carbocycles. The lowest BCUT2D eigenvalue weighted by molar-refractivity contribution is -0.116. The number of halogens is 1. The first-order chi connectivity index (χ1) is 13.8. The maximum Gasteiger partial charge on any atom is 0.241 e. The fourth-order valence-corrected chi connectivity index (χ4v) is 4.98. The zero-order chi connectivity index (χ0) is 22.6. The molecule has 164 valence electrons. The summed E-state index contributed by atoms with van der Waals surface area (Å²) in [5.74, 6) is -0.419. The highest BCUT2D eigenvalue weighted by Gasteiger charge is 2.22. The Bertz CT molecular complexity index is 1090. The summed E-state index contributed by atoms with van der Waals surface area (Å²) < 4.78 is 53.8. The first-order valence-electron chi connectivity index (χ1n) is 8.98. The van der Waals surface area contributed by atoms with Gasteiger partial charge in [0.1, 0.15) is 0 Å². The summed E-state index contributed by atoms with van der Waals surface area (Å²) >= 11 is 5.74. The molecule has 0 radical (unpaired) electrons. The van der Waals surface area contributed by atoms with Gasteiger partial charge in [-0.05, 0) is 69.3 Å². The Kier molecular flexibility index (Phi) is 7.64. The zero-order valence-corrected chi connectivity index (χ0v) is 19.2. The summed E-state index contributed by atoms with van der Waals surface area (Å²) in [7, 11) is -7.42. The molecule has 0 atom stereocenters. The topological polar surface area (TPSA) is 121 Å². The molecule has 0 aliphatic carbocycles. The van der Waals surface area contributed by atoms with Crippen molar-refractivity contribution >= 4 is 43.2 Å². The minimum absolute atomic E-state index is 0.0490. The fourth-order valence-electron chi connectivity index (χ4n) is 2.40. The number of hydrogen-bond acceptors (Lipinski definition) is 5. The van der Waals surface area contributed by atoms with Gasteiger partial charge in [0, 0.05) is 29.2 Å². The number of carbonyl (C=O) groups excluding carboxylic acids is 1. The van der Waals surface area contributed by atoms with Crippen LogP contribution in [0.25, 0.3) is 0 Å². The average Bonchev–Trinajstić information content (AvgIpc) is 2.60. The summed E-state index contributed by atoms with van der Waals surface area (Å²) in [5, 5.41) is 3.01. The Balaban J connectivity index is 1.90. The molecular formula is C19H24ClN3O5S2. The van der Waals surface area contributed by atoms with Gasteiger partial charge in [0.25, 0.3) is 0 Å². The van der Waals surface area contributed by atoms with Crippen molar-refractivity contribution in [2.75, 3.05) is 11.9 Å². The van der Waals surface area contributed by atoms with Crippen LogP contribution in [0.3, 0.4) is 0 Å². The minimum Gasteiger partial charge on any atom is -0.326 e. The predicted octanol–water partition coefficient (Wildman–Crippen LogP) is 2.72. The number of amides is 1. The summed E-state index contributed by atoms with van der Waals surface area (Å²) in [6.07, 6.45) is -0.0988. The zero-order valence-electron chi connectivity index (χ0n) is 16.8. The van der Waals surface area contributed by atoms with Crippen LogP contribution >= 0.6 is 11.6 Å². The van der Waals surface area contributed by atoms with E-state index in [0.29, 0.717) is 10.7 Å². The number of nitrogens with one attached hydrogen (secondary N) is 3. The number of benzene rings is 2. The summed E-state index contributed by atoms with van der Waals surface area (Å²) in [4.78, 5) is 12.2. The van der Waals surface area contributed by atoms with E-state index < -0.39 is 31.5 Å². The van der Waals surface area contributed by atoms with Crippen molar-refractivity contribution in [3.05, 3.63) is 53.6 Å². The van der Waals surface area contributed by atoms with Crippen LogP contribution in [0.15, 0.2) is 58.3 Å². The largest absolute Gasteiger partial charge is 0.326 e. The SMILES string of the molecule is CC(C)(C)NS(=O)(=O)c1ccc(NC(=O)CCNS(=O)(=O)c2ccc(Cl)cc2)cc1. The molecule has 0 bridgehead atoms. The van der Waals surface area contributed by atoms with Crippen molar-refractivity contribution < 1.29 is 21.6 Å². The molecule has 30 heavy (non-hydrogen) atoms.